The number of aromatic nitrogens is 3. The van der Waals surface area contributed by atoms with Crippen molar-refractivity contribution in [1.29, 1.82) is 0 Å². The Morgan fingerprint density at radius 3 is 2.75 bits per heavy atom. The van der Waals surface area contributed by atoms with Crippen LogP contribution in [-0.4, -0.2) is 39.1 Å². The Balaban J connectivity index is 1.35. The van der Waals surface area contributed by atoms with E-state index < -0.39 is 0 Å². The number of benzene rings is 1. The Morgan fingerprint density at radius 1 is 1.07 bits per heavy atom. The summed E-state index contributed by atoms with van der Waals surface area (Å²) in [6.45, 7) is 1.44. The number of aromatic amines is 1. The lowest BCUT2D eigenvalue weighted by molar-refractivity contribution is 0.0697. The first-order chi connectivity index (χ1) is 13.8. The van der Waals surface area contributed by atoms with Gasteiger partial charge in [-0.05, 0) is 37.8 Å². The molecule has 6 heteroatoms. The third-order valence-electron chi connectivity index (χ3n) is 6.28. The molecule has 1 aliphatic carbocycles. The normalized spacial score (nSPS) is 21.3. The molecule has 146 valence electrons. The number of likely N-dealkylation sites (tertiary alicyclic amines) is 1. The molecule has 28 heavy (non-hydrogen) atoms. The summed E-state index contributed by atoms with van der Waals surface area (Å²) in [5, 5.41) is 7.34. The van der Waals surface area contributed by atoms with Crippen LogP contribution in [0.2, 0.25) is 0 Å². The van der Waals surface area contributed by atoms with Gasteiger partial charge in [-0.3, -0.25) is 9.89 Å². The Labute approximate surface area is 164 Å². The molecule has 1 atom stereocenters. The van der Waals surface area contributed by atoms with Crippen molar-refractivity contribution in [3.8, 4) is 0 Å². The van der Waals surface area contributed by atoms with E-state index in [1.807, 2.05) is 29.2 Å². The van der Waals surface area contributed by atoms with Gasteiger partial charge in [-0.25, -0.2) is 4.98 Å². The summed E-state index contributed by atoms with van der Waals surface area (Å²) in [6, 6.07) is 7.84. The van der Waals surface area contributed by atoms with Crippen molar-refractivity contribution >= 4 is 17.0 Å². The first-order valence-corrected chi connectivity index (χ1v) is 10.5. The molecule has 6 nitrogen and oxygen atoms in total. The van der Waals surface area contributed by atoms with Crippen molar-refractivity contribution in [2.24, 2.45) is 0 Å². The Kier molecular flexibility index (Phi) is 4.63. The average molecular weight is 378 g/mol. The zero-order valence-corrected chi connectivity index (χ0v) is 16.1. The minimum Gasteiger partial charge on any atom is -0.440 e. The summed E-state index contributed by atoms with van der Waals surface area (Å²) in [5.41, 5.74) is 3.49. The number of fused-ring (bicyclic) bond motifs is 1. The molecule has 1 N–H and O–H groups in total. The van der Waals surface area contributed by atoms with Crippen LogP contribution in [0, 0.1) is 0 Å². The van der Waals surface area contributed by atoms with Crippen LogP contribution >= 0.6 is 0 Å². The zero-order chi connectivity index (χ0) is 18.9. The van der Waals surface area contributed by atoms with E-state index in [0.717, 1.165) is 60.5 Å². The number of para-hydroxylation sites is 2. The monoisotopic (exact) mass is 378 g/mol. The maximum Gasteiger partial charge on any atom is 0.257 e. The predicted molar refractivity (Wildman–Crippen MR) is 106 cm³/mol. The Morgan fingerprint density at radius 2 is 1.89 bits per heavy atom. The molecule has 0 spiro atoms. The summed E-state index contributed by atoms with van der Waals surface area (Å²) in [6.07, 6.45) is 9.74. The average Bonchev–Trinajstić information content (AvgIpc) is 3.41. The maximum atomic E-state index is 13.3. The number of hydrogen-bond acceptors (Lipinski definition) is 4. The number of carbonyl (C=O) groups excluding carboxylic acids is 1. The van der Waals surface area contributed by atoms with Crippen LogP contribution in [0.4, 0.5) is 0 Å². The van der Waals surface area contributed by atoms with Crippen LogP contribution in [0.25, 0.3) is 11.1 Å². The maximum absolute atomic E-state index is 13.3. The van der Waals surface area contributed by atoms with Gasteiger partial charge in [0, 0.05) is 19.0 Å². The van der Waals surface area contributed by atoms with E-state index in [9.17, 15) is 4.79 Å². The summed E-state index contributed by atoms with van der Waals surface area (Å²) in [4.78, 5) is 19.9. The molecular weight excluding hydrogens is 352 g/mol. The van der Waals surface area contributed by atoms with Gasteiger partial charge in [0.1, 0.15) is 5.52 Å². The zero-order valence-electron chi connectivity index (χ0n) is 16.1. The molecule has 2 fully saturated rings. The van der Waals surface area contributed by atoms with Gasteiger partial charge >= 0.3 is 0 Å². The fourth-order valence-electron chi connectivity index (χ4n) is 4.77. The van der Waals surface area contributed by atoms with Crippen molar-refractivity contribution in [2.45, 2.75) is 56.8 Å². The lowest BCUT2D eigenvalue weighted by Gasteiger charge is -2.31. The van der Waals surface area contributed by atoms with E-state index in [4.69, 9.17) is 4.42 Å². The van der Waals surface area contributed by atoms with Gasteiger partial charge in [0.2, 0.25) is 0 Å². The second-order valence-corrected chi connectivity index (χ2v) is 8.14. The molecule has 0 radical (unpaired) electrons. The Hall–Kier alpha value is -2.63. The van der Waals surface area contributed by atoms with E-state index in [1.54, 1.807) is 6.20 Å². The summed E-state index contributed by atoms with van der Waals surface area (Å²) >= 11 is 0. The highest BCUT2D eigenvalue weighted by Crippen LogP contribution is 2.34. The van der Waals surface area contributed by atoms with E-state index >= 15 is 0 Å². The third kappa shape index (κ3) is 3.21. The smallest absolute Gasteiger partial charge is 0.257 e. The van der Waals surface area contributed by atoms with Gasteiger partial charge in [0.15, 0.2) is 11.5 Å². The standard InChI is InChI=1S/C22H26N4O2/c27-22(17-13-23-25-20(17)15-7-2-1-3-8-15)26-12-6-9-16(14-26)21-24-18-10-4-5-11-19(18)28-21/h4-5,10-11,13,15-16H,1-3,6-9,12,14H2,(H,23,25)/t16-/m1/s1. The highest BCUT2D eigenvalue weighted by atomic mass is 16.3. The minimum atomic E-state index is 0.0927. The molecule has 3 heterocycles. The first kappa shape index (κ1) is 17.5. The van der Waals surface area contributed by atoms with Crippen molar-refractivity contribution in [3.05, 3.63) is 47.6 Å². The Bertz CT molecular complexity index is 937. The van der Waals surface area contributed by atoms with Crippen LogP contribution in [0.5, 0.6) is 0 Å². The molecule has 1 aromatic carbocycles. The van der Waals surface area contributed by atoms with Crippen LogP contribution in [0.15, 0.2) is 34.9 Å². The van der Waals surface area contributed by atoms with E-state index in [0.29, 0.717) is 12.5 Å². The largest absolute Gasteiger partial charge is 0.440 e. The van der Waals surface area contributed by atoms with Gasteiger partial charge in [-0.15, -0.1) is 0 Å². The number of carbonyl (C=O) groups is 1. The van der Waals surface area contributed by atoms with Gasteiger partial charge in [0.05, 0.1) is 23.4 Å². The molecule has 5 rings (SSSR count). The fraction of sp³-hybridized carbons (Fsp3) is 0.500. The van der Waals surface area contributed by atoms with Gasteiger partial charge in [-0.1, -0.05) is 31.4 Å². The number of oxazole rings is 1. The molecule has 0 bridgehead atoms. The van der Waals surface area contributed by atoms with E-state index in [-0.39, 0.29) is 11.8 Å². The molecule has 1 amide bonds. The van der Waals surface area contributed by atoms with E-state index in [2.05, 4.69) is 15.2 Å². The van der Waals surface area contributed by atoms with Crippen LogP contribution in [-0.2, 0) is 0 Å². The molecule has 1 aliphatic heterocycles. The van der Waals surface area contributed by atoms with Crippen LogP contribution < -0.4 is 0 Å². The number of nitrogens with zero attached hydrogens (tertiary/aromatic N) is 3. The highest BCUT2D eigenvalue weighted by Gasteiger charge is 2.31. The lowest BCUT2D eigenvalue weighted by Crippen LogP contribution is -2.39. The molecule has 1 saturated carbocycles. The quantitative estimate of drug-likeness (QED) is 0.722. The summed E-state index contributed by atoms with van der Waals surface area (Å²) in [7, 11) is 0. The van der Waals surface area contributed by atoms with Crippen LogP contribution in [0.3, 0.4) is 0 Å². The second-order valence-electron chi connectivity index (χ2n) is 8.14. The number of amides is 1. The van der Waals surface area contributed by atoms with Gasteiger partial charge in [0.25, 0.3) is 5.91 Å². The van der Waals surface area contributed by atoms with E-state index in [1.165, 1.54) is 19.3 Å². The van der Waals surface area contributed by atoms with Gasteiger partial charge in [-0.2, -0.15) is 5.10 Å². The number of piperidine rings is 1. The minimum absolute atomic E-state index is 0.0927. The number of nitrogens with one attached hydrogen (secondary N) is 1. The molecular formula is C22H26N4O2. The molecule has 3 aromatic rings. The highest BCUT2D eigenvalue weighted by molar-refractivity contribution is 5.95. The molecule has 2 aromatic heterocycles. The SMILES string of the molecule is O=C(c1cn[nH]c1C1CCCCC1)N1CCC[C@@H](c2nc3ccccc3o2)C1. The summed E-state index contributed by atoms with van der Waals surface area (Å²) in [5.74, 6) is 1.43. The van der Waals surface area contributed by atoms with Gasteiger partial charge < -0.3 is 9.32 Å². The number of H-pyrrole nitrogens is 1. The summed E-state index contributed by atoms with van der Waals surface area (Å²) < 4.78 is 5.98. The number of rotatable bonds is 3. The van der Waals surface area contributed by atoms with Crippen LogP contribution in [0.1, 0.15) is 78.7 Å². The van der Waals surface area contributed by atoms with Crippen molar-refractivity contribution < 1.29 is 9.21 Å². The molecule has 2 aliphatic rings. The predicted octanol–water partition coefficient (Wildman–Crippen LogP) is 4.62. The first-order valence-electron chi connectivity index (χ1n) is 10.5. The topological polar surface area (TPSA) is 75.0 Å². The third-order valence-corrected chi connectivity index (χ3v) is 6.28. The lowest BCUT2D eigenvalue weighted by atomic mass is 9.85. The molecule has 1 saturated heterocycles. The number of hydrogen-bond donors (Lipinski definition) is 1. The van der Waals surface area contributed by atoms with Crippen molar-refractivity contribution in [2.75, 3.05) is 13.1 Å². The molecule has 0 unspecified atom stereocenters. The second kappa shape index (κ2) is 7.41. The van der Waals surface area contributed by atoms with Crippen molar-refractivity contribution in [1.82, 2.24) is 20.1 Å². The van der Waals surface area contributed by atoms with Crippen molar-refractivity contribution in [3.63, 3.8) is 0 Å². The fourth-order valence-corrected chi connectivity index (χ4v) is 4.77.